The Hall–Kier alpha value is -1.92. The number of ether oxygens (including phenoxy) is 1. The van der Waals surface area contributed by atoms with E-state index in [-0.39, 0.29) is 18.5 Å². The van der Waals surface area contributed by atoms with E-state index in [2.05, 4.69) is 55.6 Å². The monoisotopic (exact) mass is 1070 g/mol. The maximum absolute atomic E-state index is 12.5. The van der Waals surface area contributed by atoms with E-state index in [1.54, 1.807) is 0 Å². The van der Waals surface area contributed by atoms with Crippen LogP contribution in [0.25, 0.3) is 0 Å². The summed E-state index contributed by atoms with van der Waals surface area (Å²) < 4.78 is 5.48. The lowest BCUT2D eigenvalue weighted by molar-refractivity contribution is -0.143. The van der Waals surface area contributed by atoms with Crippen LogP contribution in [0.4, 0.5) is 0 Å². The molecule has 6 heteroatoms. The molecule has 0 spiro atoms. The first-order valence-corrected chi connectivity index (χ1v) is 34.2. The molecule has 0 saturated heterocycles. The normalized spacial score (nSPS) is 12.7. The van der Waals surface area contributed by atoms with Crippen molar-refractivity contribution in [1.82, 2.24) is 5.32 Å². The fraction of sp³-hybridized carbons (Fsp3) is 0.886. The fourth-order valence-corrected chi connectivity index (χ4v) is 10.7. The van der Waals surface area contributed by atoms with E-state index in [0.29, 0.717) is 25.9 Å². The Kier molecular flexibility index (Phi) is 63.9. The van der Waals surface area contributed by atoms with E-state index in [9.17, 15) is 19.8 Å². The summed E-state index contributed by atoms with van der Waals surface area (Å²) in [4.78, 5) is 24.6. The molecule has 0 rings (SSSR count). The number of amides is 1. The highest BCUT2D eigenvalue weighted by atomic mass is 16.5. The first-order valence-electron chi connectivity index (χ1n) is 34.2. The highest BCUT2D eigenvalue weighted by Crippen LogP contribution is 2.18. The Bertz CT molecular complexity index is 1230. The van der Waals surface area contributed by atoms with Crippen LogP contribution >= 0.6 is 0 Å². The minimum atomic E-state index is -0.670. The number of rotatable bonds is 64. The molecule has 1 amide bonds. The molecule has 0 aliphatic heterocycles. The molecule has 0 aromatic carbocycles. The molecule has 6 nitrogen and oxygen atoms in total. The number of nitrogens with one attached hydrogen (secondary N) is 1. The van der Waals surface area contributed by atoms with Gasteiger partial charge in [-0.3, -0.25) is 9.59 Å². The Morgan fingerprint density at radius 1 is 0.368 bits per heavy atom. The van der Waals surface area contributed by atoms with Crippen LogP contribution in [-0.2, 0) is 14.3 Å². The molecule has 0 aliphatic carbocycles. The maximum Gasteiger partial charge on any atom is 0.305 e. The van der Waals surface area contributed by atoms with Crippen LogP contribution in [0.3, 0.4) is 0 Å². The number of hydrogen-bond donors (Lipinski definition) is 3. The van der Waals surface area contributed by atoms with Crippen LogP contribution in [-0.4, -0.2) is 47.4 Å². The third-order valence-electron chi connectivity index (χ3n) is 15.9. The zero-order chi connectivity index (χ0) is 55.0. The minimum Gasteiger partial charge on any atom is -0.466 e. The molecule has 2 atom stereocenters. The number of aliphatic hydroxyl groups is 2. The van der Waals surface area contributed by atoms with Crippen molar-refractivity contribution in [2.75, 3.05) is 13.2 Å². The summed E-state index contributed by atoms with van der Waals surface area (Å²) in [7, 11) is 0. The quantitative estimate of drug-likeness (QED) is 0.0320. The lowest BCUT2D eigenvalue weighted by Gasteiger charge is -2.22. The van der Waals surface area contributed by atoms with Gasteiger partial charge in [0.1, 0.15) is 0 Å². The van der Waals surface area contributed by atoms with E-state index in [1.165, 1.54) is 289 Å². The molecule has 0 radical (unpaired) electrons. The molecular weight excluding hydrogens is 935 g/mol. The third-order valence-corrected chi connectivity index (χ3v) is 15.9. The third kappa shape index (κ3) is 61.3. The van der Waals surface area contributed by atoms with E-state index in [1.807, 2.05) is 0 Å². The summed E-state index contributed by atoms with van der Waals surface area (Å²) in [5.74, 6) is -0.0417. The second-order valence-corrected chi connectivity index (χ2v) is 23.5. The summed E-state index contributed by atoms with van der Waals surface area (Å²) >= 11 is 0. The Morgan fingerprint density at radius 3 is 1.03 bits per heavy atom. The van der Waals surface area contributed by atoms with Gasteiger partial charge in [-0.1, -0.05) is 314 Å². The molecule has 0 heterocycles. The molecule has 76 heavy (non-hydrogen) atoms. The van der Waals surface area contributed by atoms with Crippen LogP contribution in [0.1, 0.15) is 373 Å². The molecule has 448 valence electrons. The molecule has 0 aromatic heterocycles. The second-order valence-electron chi connectivity index (χ2n) is 23.5. The molecule has 0 aliphatic rings. The lowest BCUT2D eigenvalue weighted by atomic mass is 10.0. The topological polar surface area (TPSA) is 95.9 Å². The molecular formula is C70H133NO5. The molecule has 0 bridgehead atoms. The average Bonchev–Trinajstić information content (AvgIpc) is 3.42. The lowest BCUT2D eigenvalue weighted by Crippen LogP contribution is -2.45. The largest absolute Gasteiger partial charge is 0.466 e. The predicted molar refractivity (Wildman–Crippen MR) is 333 cm³/mol. The van der Waals surface area contributed by atoms with Crippen molar-refractivity contribution >= 4 is 11.9 Å². The summed E-state index contributed by atoms with van der Waals surface area (Å²) in [5.41, 5.74) is 0. The first kappa shape index (κ1) is 74.1. The average molecular weight is 1070 g/mol. The van der Waals surface area contributed by atoms with Gasteiger partial charge in [0.25, 0.3) is 0 Å². The molecule has 0 saturated carbocycles. The minimum absolute atomic E-state index is 0.00296. The highest BCUT2D eigenvalue weighted by molar-refractivity contribution is 5.76. The van der Waals surface area contributed by atoms with Crippen molar-refractivity contribution in [2.45, 2.75) is 386 Å². The van der Waals surface area contributed by atoms with Gasteiger partial charge in [0, 0.05) is 12.8 Å². The fourth-order valence-electron chi connectivity index (χ4n) is 10.7. The van der Waals surface area contributed by atoms with Gasteiger partial charge < -0.3 is 20.3 Å². The standard InChI is InChI=1S/C70H133NO5/c1-3-5-7-9-11-13-15-17-19-21-22-25-28-31-34-38-42-46-50-54-58-62-68(73)67(66-72)71-69(74)63-59-55-51-47-43-39-35-32-29-26-23-24-27-30-33-37-41-45-49-53-57-61-65-76-70(75)64-60-56-52-48-44-40-36-20-18-16-14-12-10-8-6-4-2/h14,16,20,26,29,36,67-68,72-73H,3-13,15,17-19,21-25,27-28,30-35,37-66H2,1-2H3,(H,71,74)/b16-14-,29-26-,36-20-. The van der Waals surface area contributed by atoms with Gasteiger partial charge in [0.2, 0.25) is 5.91 Å². The zero-order valence-corrected chi connectivity index (χ0v) is 51.3. The highest BCUT2D eigenvalue weighted by Gasteiger charge is 2.20. The number of esters is 1. The zero-order valence-electron chi connectivity index (χ0n) is 51.3. The number of carbonyl (C=O) groups is 2. The van der Waals surface area contributed by atoms with E-state index >= 15 is 0 Å². The number of aliphatic hydroxyl groups excluding tert-OH is 2. The number of carbonyl (C=O) groups excluding carboxylic acids is 2. The van der Waals surface area contributed by atoms with Gasteiger partial charge in [0.15, 0.2) is 0 Å². The van der Waals surface area contributed by atoms with Gasteiger partial charge in [-0.25, -0.2) is 0 Å². The van der Waals surface area contributed by atoms with Gasteiger partial charge in [-0.15, -0.1) is 0 Å². The van der Waals surface area contributed by atoms with E-state index in [4.69, 9.17) is 4.74 Å². The summed E-state index contributed by atoms with van der Waals surface area (Å²) in [6, 6.07) is -0.548. The van der Waals surface area contributed by atoms with E-state index < -0.39 is 12.1 Å². The smallest absolute Gasteiger partial charge is 0.305 e. The summed E-state index contributed by atoms with van der Waals surface area (Å²) in [5, 5.41) is 23.4. The Labute approximate surface area is 474 Å². The molecule has 0 aromatic rings. The number of hydrogen-bond acceptors (Lipinski definition) is 5. The van der Waals surface area contributed by atoms with Crippen molar-refractivity contribution < 1.29 is 24.5 Å². The van der Waals surface area contributed by atoms with Gasteiger partial charge in [-0.05, 0) is 83.5 Å². The number of allylic oxidation sites excluding steroid dienone is 6. The molecule has 0 fully saturated rings. The maximum atomic E-state index is 12.5. The van der Waals surface area contributed by atoms with Crippen LogP contribution < -0.4 is 5.32 Å². The number of unbranched alkanes of at least 4 members (excludes halogenated alkanes) is 47. The van der Waals surface area contributed by atoms with E-state index in [0.717, 1.165) is 51.4 Å². The summed E-state index contributed by atoms with van der Waals surface area (Å²) in [6.45, 7) is 4.95. The Morgan fingerprint density at radius 2 is 0.658 bits per heavy atom. The van der Waals surface area contributed by atoms with Crippen molar-refractivity contribution in [2.24, 2.45) is 0 Å². The van der Waals surface area contributed by atoms with Crippen molar-refractivity contribution in [3.8, 4) is 0 Å². The second kappa shape index (κ2) is 65.6. The van der Waals surface area contributed by atoms with Crippen LogP contribution in [0.5, 0.6) is 0 Å². The van der Waals surface area contributed by atoms with Gasteiger partial charge in [-0.2, -0.15) is 0 Å². The predicted octanol–water partition coefficient (Wildman–Crippen LogP) is 21.9. The van der Waals surface area contributed by atoms with Crippen LogP contribution in [0, 0.1) is 0 Å². The summed E-state index contributed by atoms with van der Waals surface area (Å²) in [6.07, 6.45) is 83.1. The van der Waals surface area contributed by atoms with Crippen molar-refractivity contribution in [1.29, 1.82) is 0 Å². The van der Waals surface area contributed by atoms with Gasteiger partial charge in [0.05, 0.1) is 25.4 Å². The van der Waals surface area contributed by atoms with Gasteiger partial charge >= 0.3 is 5.97 Å². The SMILES string of the molecule is CCCCCC/C=C\C/C=C\CCCCCCCC(=O)OCCCCCCCCCCCCC/C=C\CCCCCCCCCC(=O)NC(CO)C(O)CCCCCCCCCCCCCCCCCCCCCCC. The molecule has 2 unspecified atom stereocenters. The first-order chi connectivity index (χ1) is 37.5. The van der Waals surface area contributed by atoms with Crippen LogP contribution in [0.15, 0.2) is 36.5 Å². The Balaban J connectivity index is 3.42. The van der Waals surface area contributed by atoms with Crippen molar-refractivity contribution in [3.05, 3.63) is 36.5 Å². The van der Waals surface area contributed by atoms with Crippen molar-refractivity contribution in [3.63, 3.8) is 0 Å². The molecule has 3 N–H and O–H groups in total. The van der Waals surface area contributed by atoms with Crippen LogP contribution in [0.2, 0.25) is 0 Å².